The van der Waals surface area contributed by atoms with Crippen molar-refractivity contribution < 1.29 is 14.3 Å². The van der Waals surface area contributed by atoms with E-state index in [-0.39, 0.29) is 24.9 Å². The predicted molar refractivity (Wildman–Crippen MR) is 88.5 cm³/mol. The highest BCUT2D eigenvalue weighted by Gasteiger charge is 2.21. The third kappa shape index (κ3) is 7.43. The average molecular weight is 329 g/mol. The number of ether oxygens (including phenoxy) is 1. The van der Waals surface area contributed by atoms with Crippen molar-refractivity contribution >= 4 is 24.3 Å². The second-order valence-electron chi connectivity index (χ2n) is 5.56. The zero-order chi connectivity index (χ0) is 15.8. The summed E-state index contributed by atoms with van der Waals surface area (Å²) >= 11 is 0. The van der Waals surface area contributed by atoms with Gasteiger partial charge in [-0.05, 0) is 24.8 Å². The lowest BCUT2D eigenvalue weighted by molar-refractivity contribution is -0.148. The molecule has 2 atom stereocenters. The minimum Gasteiger partial charge on any atom is -0.459 e. The van der Waals surface area contributed by atoms with Gasteiger partial charge in [0.2, 0.25) is 5.91 Å². The number of carbonyl (C=O) groups is 2. The van der Waals surface area contributed by atoms with Crippen LogP contribution in [-0.2, 0) is 20.9 Å². The van der Waals surface area contributed by atoms with Crippen LogP contribution >= 0.6 is 12.4 Å². The van der Waals surface area contributed by atoms with Crippen LogP contribution in [0.15, 0.2) is 30.3 Å². The summed E-state index contributed by atoms with van der Waals surface area (Å²) in [5.41, 5.74) is 6.67. The standard InChI is InChI=1S/C16H24N2O3.ClH/c1-11(2)9-14(17)15(19)18-12(3)16(20)21-10-13-7-5-4-6-8-13;/h4-8,11-12,14H,9-10,17H2,1-3H3,(H,18,19);1H. The van der Waals surface area contributed by atoms with E-state index in [4.69, 9.17) is 10.5 Å². The van der Waals surface area contributed by atoms with Crippen molar-refractivity contribution in [2.75, 3.05) is 0 Å². The van der Waals surface area contributed by atoms with E-state index < -0.39 is 18.1 Å². The SMILES string of the molecule is CC(C)CC(N)C(=O)NC(C)C(=O)OCc1ccccc1.Cl. The van der Waals surface area contributed by atoms with Gasteiger partial charge < -0.3 is 15.8 Å². The molecule has 1 rings (SSSR count). The summed E-state index contributed by atoms with van der Waals surface area (Å²) in [6, 6.07) is 8.07. The maximum Gasteiger partial charge on any atom is 0.328 e. The molecule has 6 heteroatoms. The van der Waals surface area contributed by atoms with Crippen LogP contribution in [-0.4, -0.2) is 24.0 Å². The van der Waals surface area contributed by atoms with E-state index >= 15 is 0 Å². The molecule has 0 fully saturated rings. The van der Waals surface area contributed by atoms with E-state index in [2.05, 4.69) is 5.32 Å². The fourth-order valence-electron chi connectivity index (χ4n) is 1.85. The number of nitrogens with one attached hydrogen (secondary N) is 1. The molecular weight excluding hydrogens is 304 g/mol. The first-order chi connectivity index (χ1) is 9.90. The number of esters is 1. The third-order valence-corrected chi connectivity index (χ3v) is 3.00. The molecule has 1 aromatic carbocycles. The first-order valence-electron chi connectivity index (χ1n) is 7.16. The van der Waals surface area contributed by atoms with E-state index in [0.29, 0.717) is 12.3 Å². The highest BCUT2D eigenvalue weighted by Crippen LogP contribution is 2.04. The number of hydrogen-bond acceptors (Lipinski definition) is 4. The minimum absolute atomic E-state index is 0. The molecule has 3 N–H and O–H groups in total. The van der Waals surface area contributed by atoms with Crippen LogP contribution in [0.1, 0.15) is 32.8 Å². The number of amides is 1. The van der Waals surface area contributed by atoms with Gasteiger partial charge >= 0.3 is 5.97 Å². The molecule has 22 heavy (non-hydrogen) atoms. The summed E-state index contributed by atoms with van der Waals surface area (Å²) in [6.07, 6.45) is 0.581. The van der Waals surface area contributed by atoms with Gasteiger partial charge in [0.1, 0.15) is 12.6 Å². The van der Waals surface area contributed by atoms with Crippen molar-refractivity contribution in [2.24, 2.45) is 11.7 Å². The van der Waals surface area contributed by atoms with E-state index in [1.807, 2.05) is 44.2 Å². The Kier molecular flexibility index (Phi) is 9.45. The zero-order valence-corrected chi connectivity index (χ0v) is 14.1. The number of rotatable bonds is 7. The van der Waals surface area contributed by atoms with Crippen LogP contribution in [0, 0.1) is 5.92 Å². The first-order valence-corrected chi connectivity index (χ1v) is 7.16. The zero-order valence-electron chi connectivity index (χ0n) is 13.2. The number of benzene rings is 1. The van der Waals surface area contributed by atoms with E-state index in [9.17, 15) is 9.59 Å². The summed E-state index contributed by atoms with van der Waals surface area (Å²) in [4.78, 5) is 23.6. The van der Waals surface area contributed by atoms with Crippen LogP contribution in [0.25, 0.3) is 0 Å². The number of nitrogens with two attached hydrogens (primary N) is 1. The van der Waals surface area contributed by atoms with Crippen LogP contribution in [0.3, 0.4) is 0 Å². The molecule has 0 aliphatic heterocycles. The highest BCUT2D eigenvalue weighted by atomic mass is 35.5. The smallest absolute Gasteiger partial charge is 0.328 e. The first kappa shape index (κ1) is 20.4. The molecule has 0 aliphatic carbocycles. The molecule has 0 radical (unpaired) electrons. The Labute approximate surface area is 138 Å². The second kappa shape index (κ2) is 10.2. The van der Waals surface area contributed by atoms with Gasteiger partial charge in [0.05, 0.1) is 6.04 Å². The fraction of sp³-hybridized carbons (Fsp3) is 0.500. The molecule has 124 valence electrons. The maximum atomic E-state index is 11.8. The molecule has 0 heterocycles. The molecule has 1 amide bonds. The molecule has 0 bridgehead atoms. The molecule has 0 aromatic heterocycles. The average Bonchev–Trinajstić information content (AvgIpc) is 2.44. The second-order valence-corrected chi connectivity index (χ2v) is 5.56. The Morgan fingerprint density at radius 3 is 2.32 bits per heavy atom. The molecule has 0 saturated heterocycles. The van der Waals surface area contributed by atoms with Gasteiger partial charge in [0, 0.05) is 0 Å². The van der Waals surface area contributed by atoms with Gasteiger partial charge in [0.25, 0.3) is 0 Å². The molecule has 2 unspecified atom stereocenters. The van der Waals surface area contributed by atoms with E-state index in [1.54, 1.807) is 6.92 Å². The molecule has 0 spiro atoms. The maximum absolute atomic E-state index is 11.8. The van der Waals surface area contributed by atoms with E-state index in [1.165, 1.54) is 0 Å². The number of carbonyl (C=O) groups excluding carboxylic acids is 2. The summed E-state index contributed by atoms with van der Waals surface area (Å²) in [7, 11) is 0. The van der Waals surface area contributed by atoms with Crippen molar-refractivity contribution in [3.05, 3.63) is 35.9 Å². The van der Waals surface area contributed by atoms with E-state index in [0.717, 1.165) is 5.56 Å². The Hall–Kier alpha value is -1.59. The Morgan fingerprint density at radius 1 is 1.18 bits per heavy atom. The monoisotopic (exact) mass is 328 g/mol. The van der Waals surface area contributed by atoms with Gasteiger partial charge in [-0.3, -0.25) is 4.79 Å². The Morgan fingerprint density at radius 2 is 1.77 bits per heavy atom. The number of halogens is 1. The molecule has 5 nitrogen and oxygen atoms in total. The van der Waals surface area contributed by atoms with Crippen LogP contribution in [0.4, 0.5) is 0 Å². The van der Waals surface area contributed by atoms with Crippen molar-refractivity contribution in [2.45, 2.75) is 45.9 Å². The largest absolute Gasteiger partial charge is 0.459 e. The molecule has 1 aromatic rings. The summed E-state index contributed by atoms with van der Waals surface area (Å²) in [6.45, 7) is 5.76. The Bertz CT molecular complexity index is 466. The normalized spacial score (nSPS) is 13.0. The minimum atomic E-state index is -0.709. The summed E-state index contributed by atoms with van der Waals surface area (Å²) in [5, 5.41) is 2.58. The predicted octanol–water partition coefficient (Wildman–Crippen LogP) is 2.03. The Balaban J connectivity index is 0.00000441. The van der Waals surface area contributed by atoms with Crippen molar-refractivity contribution in [1.82, 2.24) is 5.32 Å². The summed E-state index contributed by atoms with van der Waals surface area (Å²) < 4.78 is 5.16. The van der Waals surface area contributed by atoms with Crippen molar-refractivity contribution in [1.29, 1.82) is 0 Å². The molecule has 0 saturated carbocycles. The van der Waals surface area contributed by atoms with Gasteiger partial charge in [-0.2, -0.15) is 0 Å². The topological polar surface area (TPSA) is 81.4 Å². The lowest BCUT2D eigenvalue weighted by atomic mass is 10.0. The summed E-state index contributed by atoms with van der Waals surface area (Å²) in [5.74, 6) is -0.470. The van der Waals surface area contributed by atoms with Crippen LogP contribution in [0.2, 0.25) is 0 Å². The van der Waals surface area contributed by atoms with Gasteiger partial charge in [0.15, 0.2) is 0 Å². The van der Waals surface area contributed by atoms with Crippen LogP contribution in [0.5, 0.6) is 0 Å². The molecular formula is C16H25ClN2O3. The molecule has 0 aliphatic rings. The lowest BCUT2D eigenvalue weighted by Crippen LogP contribution is -2.48. The fourth-order valence-corrected chi connectivity index (χ4v) is 1.85. The van der Waals surface area contributed by atoms with Crippen LogP contribution < -0.4 is 11.1 Å². The van der Waals surface area contributed by atoms with Crippen molar-refractivity contribution in [3.63, 3.8) is 0 Å². The highest BCUT2D eigenvalue weighted by molar-refractivity contribution is 5.87. The van der Waals surface area contributed by atoms with Gasteiger partial charge in [-0.15, -0.1) is 12.4 Å². The third-order valence-electron chi connectivity index (χ3n) is 3.00. The van der Waals surface area contributed by atoms with Crippen molar-refractivity contribution in [3.8, 4) is 0 Å². The number of hydrogen-bond donors (Lipinski definition) is 2. The van der Waals surface area contributed by atoms with Gasteiger partial charge in [-0.1, -0.05) is 44.2 Å². The quantitative estimate of drug-likeness (QED) is 0.750. The van der Waals surface area contributed by atoms with Gasteiger partial charge in [-0.25, -0.2) is 4.79 Å². The lowest BCUT2D eigenvalue weighted by Gasteiger charge is -2.18.